The number of carbonyl (C=O) groups excluding carboxylic acids is 2. The maximum absolute atomic E-state index is 12.1. The lowest BCUT2D eigenvalue weighted by molar-refractivity contribution is 0.0912. The van der Waals surface area contributed by atoms with Gasteiger partial charge < -0.3 is 4.74 Å². The lowest BCUT2D eigenvalue weighted by Gasteiger charge is -2.13. The van der Waals surface area contributed by atoms with E-state index in [2.05, 4.69) is 9.97 Å². The Morgan fingerprint density at radius 1 is 1.05 bits per heavy atom. The van der Waals surface area contributed by atoms with Crippen LogP contribution in [-0.2, 0) is 4.74 Å². The average molecular weight is 266 g/mol. The van der Waals surface area contributed by atoms with Gasteiger partial charge in [0.2, 0.25) is 5.78 Å². The van der Waals surface area contributed by atoms with Crippen molar-refractivity contribution in [3.05, 3.63) is 59.6 Å². The van der Waals surface area contributed by atoms with Crippen molar-refractivity contribution in [2.75, 3.05) is 7.11 Å². The number of hydrogen-bond donors (Lipinski definition) is 0. The van der Waals surface area contributed by atoms with Gasteiger partial charge in [-0.3, -0.25) is 14.6 Å². The molecule has 1 aliphatic carbocycles. The smallest absolute Gasteiger partial charge is 0.246 e. The summed E-state index contributed by atoms with van der Waals surface area (Å²) in [7, 11) is 1.35. The van der Waals surface area contributed by atoms with Gasteiger partial charge in [-0.25, -0.2) is 4.98 Å². The molecule has 3 rings (SSSR count). The maximum Gasteiger partial charge on any atom is 0.246 e. The molecule has 2 heterocycles. The lowest BCUT2D eigenvalue weighted by Crippen LogP contribution is -2.20. The number of pyridine rings is 2. The number of fused-ring (bicyclic) bond motifs is 1. The van der Waals surface area contributed by atoms with Crippen molar-refractivity contribution in [3.63, 3.8) is 0 Å². The number of ketones is 2. The van der Waals surface area contributed by atoms with Crippen molar-refractivity contribution in [2.45, 2.75) is 0 Å². The normalized spacial score (nSPS) is 13.8. The van der Waals surface area contributed by atoms with Crippen molar-refractivity contribution in [1.82, 2.24) is 9.97 Å². The Morgan fingerprint density at radius 2 is 1.90 bits per heavy atom. The molecule has 1 aliphatic rings. The predicted molar refractivity (Wildman–Crippen MR) is 71.2 cm³/mol. The van der Waals surface area contributed by atoms with Crippen LogP contribution in [0.1, 0.15) is 20.8 Å². The summed E-state index contributed by atoms with van der Waals surface area (Å²) < 4.78 is 4.91. The van der Waals surface area contributed by atoms with Crippen LogP contribution in [0.15, 0.2) is 48.4 Å². The number of hydrogen-bond acceptors (Lipinski definition) is 5. The number of ether oxygens (including phenoxy) is 1. The van der Waals surface area contributed by atoms with Crippen LogP contribution in [0.4, 0.5) is 0 Å². The minimum absolute atomic E-state index is 0.00757. The molecular weight excluding hydrogens is 256 g/mol. The van der Waals surface area contributed by atoms with Crippen LogP contribution < -0.4 is 0 Å². The molecule has 0 atom stereocenters. The first-order valence-corrected chi connectivity index (χ1v) is 5.98. The highest BCUT2D eigenvalue weighted by molar-refractivity contribution is 6.22. The fraction of sp³-hybridized carbons (Fsp3) is 0.0667. The Hall–Kier alpha value is -2.82. The molecule has 5 nitrogen and oxygen atoms in total. The number of aromatic nitrogens is 2. The van der Waals surface area contributed by atoms with Crippen molar-refractivity contribution < 1.29 is 14.3 Å². The SMILES string of the molecule is COC1=CC(=O)c2ccc(-c3ccccn3)nc2C1=O. The third-order valence-corrected chi connectivity index (χ3v) is 3.01. The van der Waals surface area contributed by atoms with Crippen LogP contribution in [-0.4, -0.2) is 28.6 Å². The van der Waals surface area contributed by atoms with E-state index in [9.17, 15) is 9.59 Å². The molecule has 5 heteroatoms. The van der Waals surface area contributed by atoms with E-state index in [0.29, 0.717) is 11.4 Å². The molecule has 0 aliphatic heterocycles. The van der Waals surface area contributed by atoms with Gasteiger partial charge in [-0.2, -0.15) is 0 Å². The van der Waals surface area contributed by atoms with Crippen LogP contribution in [0.5, 0.6) is 0 Å². The van der Waals surface area contributed by atoms with Gasteiger partial charge >= 0.3 is 0 Å². The third-order valence-electron chi connectivity index (χ3n) is 3.01. The molecule has 0 aromatic carbocycles. The summed E-state index contributed by atoms with van der Waals surface area (Å²) in [5, 5.41) is 0. The number of carbonyl (C=O) groups is 2. The summed E-state index contributed by atoms with van der Waals surface area (Å²) in [6.07, 6.45) is 2.83. The van der Waals surface area contributed by atoms with E-state index in [1.165, 1.54) is 13.2 Å². The molecule has 0 radical (unpaired) electrons. The van der Waals surface area contributed by atoms with Gasteiger partial charge in [-0.15, -0.1) is 0 Å². The summed E-state index contributed by atoms with van der Waals surface area (Å²) in [6, 6.07) is 8.68. The van der Waals surface area contributed by atoms with Crippen LogP contribution in [0, 0.1) is 0 Å². The number of methoxy groups -OCH3 is 1. The zero-order chi connectivity index (χ0) is 14.1. The minimum atomic E-state index is -0.389. The van der Waals surface area contributed by atoms with Gasteiger partial charge in [0.25, 0.3) is 0 Å². The summed E-state index contributed by atoms with van der Waals surface area (Å²) in [6.45, 7) is 0. The number of rotatable bonds is 2. The molecule has 98 valence electrons. The highest BCUT2D eigenvalue weighted by atomic mass is 16.5. The Bertz CT molecular complexity index is 736. The van der Waals surface area contributed by atoms with Gasteiger partial charge in [-0.1, -0.05) is 6.07 Å². The second-order valence-electron chi connectivity index (χ2n) is 4.21. The van der Waals surface area contributed by atoms with Crippen LogP contribution in [0.3, 0.4) is 0 Å². The molecule has 0 fully saturated rings. The summed E-state index contributed by atoms with van der Waals surface area (Å²) in [5.74, 6) is -0.662. The molecule has 20 heavy (non-hydrogen) atoms. The summed E-state index contributed by atoms with van der Waals surface area (Å²) in [4.78, 5) is 32.5. The second kappa shape index (κ2) is 4.70. The zero-order valence-electron chi connectivity index (χ0n) is 10.7. The number of nitrogens with zero attached hydrogens (tertiary/aromatic N) is 2. The fourth-order valence-electron chi connectivity index (χ4n) is 2.02. The van der Waals surface area contributed by atoms with E-state index in [1.807, 2.05) is 6.07 Å². The molecule has 0 spiro atoms. The Kier molecular flexibility index (Phi) is 2.87. The summed E-state index contributed by atoms with van der Waals surface area (Å²) >= 11 is 0. The van der Waals surface area contributed by atoms with Crippen LogP contribution in [0.25, 0.3) is 11.4 Å². The van der Waals surface area contributed by atoms with Gasteiger partial charge in [0.15, 0.2) is 11.5 Å². The molecule has 2 aromatic rings. The highest BCUT2D eigenvalue weighted by Crippen LogP contribution is 2.23. The predicted octanol–water partition coefficient (Wildman–Crippen LogP) is 2.05. The summed E-state index contributed by atoms with van der Waals surface area (Å²) in [5.41, 5.74) is 1.58. The van der Waals surface area contributed by atoms with Gasteiger partial charge in [0.1, 0.15) is 5.69 Å². The van der Waals surface area contributed by atoms with E-state index in [4.69, 9.17) is 4.74 Å². The van der Waals surface area contributed by atoms with Crippen molar-refractivity contribution >= 4 is 11.6 Å². The van der Waals surface area contributed by atoms with E-state index >= 15 is 0 Å². The first kappa shape index (κ1) is 12.2. The van der Waals surface area contributed by atoms with Gasteiger partial charge in [-0.05, 0) is 24.3 Å². The molecule has 0 N–H and O–H groups in total. The largest absolute Gasteiger partial charge is 0.492 e. The maximum atomic E-state index is 12.1. The van der Waals surface area contributed by atoms with Crippen LogP contribution >= 0.6 is 0 Å². The molecule has 0 amide bonds. The molecule has 0 unspecified atom stereocenters. The lowest BCUT2D eigenvalue weighted by atomic mass is 9.97. The topological polar surface area (TPSA) is 69.2 Å². The zero-order valence-corrected chi connectivity index (χ0v) is 10.7. The first-order chi connectivity index (χ1) is 9.70. The molecule has 0 saturated heterocycles. The molecule has 2 aromatic heterocycles. The molecule has 0 bridgehead atoms. The number of allylic oxidation sites excluding steroid dienone is 2. The van der Waals surface area contributed by atoms with Crippen molar-refractivity contribution in [3.8, 4) is 11.4 Å². The minimum Gasteiger partial charge on any atom is -0.492 e. The highest BCUT2D eigenvalue weighted by Gasteiger charge is 2.28. The van der Waals surface area contributed by atoms with Gasteiger partial charge in [0.05, 0.1) is 24.1 Å². The molecular formula is C15H10N2O3. The number of Topliss-reactive ketones (excluding diaryl/α,β-unsaturated/α-hetero) is 1. The van der Waals surface area contributed by atoms with E-state index in [1.54, 1.807) is 30.5 Å². The van der Waals surface area contributed by atoms with E-state index in [-0.39, 0.29) is 28.6 Å². The average Bonchev–Trinajstić information content (AvgIpc) is 2.51. The second-order valence-corrected chi connectivity index (χ2v) is 4.21. The first-order valence-electron chi connectivity index (χ1n) is 5.98. The monoisotopic (exact) mass is 266 g/mol. The Morgan fingerprint density at radius 3 is 2.60 bits per heavy atom. The third kappa shape index (κ3) is 1.89. The van der Waals surface area contributed by atoms with Crippen molar-refractivity contribution in [1.29, 1.82) is 0 Å². The van der Waals surface area contributed by atoms with Gasteiger partial charge in [0, 0.05) is 12.3 Å². The van der Waals surface area contributed by atoms with Crippen LogP contribution in [0.2, 0.25) is 0 Å². The Balaban J connectivity index is 2.13. The van der Waals surface area contributed by atoms with Crippen molar-refractivity contribution in [2.24, 2.45) is 0 Å². The Labute approximate surface area is 114 Å². The standard InChI is InChI=1S/C15H10N2O3/c1-20-13-8-12(18)9-5-6-11(17-14(9)15(13)19)10-4-2-3-7-16-10/h2-8H,1H3. The van der Waals surface area contributed by atoms with E-state index in [0.717, 1.165) is 0 Å². The fourth-order valence-corrected chi connectivity index (χ4v) is 2.02. The molecule has 0 saturated carbocycles. The van der Waals surface area contributed by atoms with E-state index < -0.39 is 0 Å². The quantitative estimate of drug-likeness (QED) is 0.832.